The number of carboxylic acids is 1. The predicted molar refractivity (Wildman–Crippen MR) is 69.6 cm³/mol. The Morgan fingerprint density at radius 3 is 2.56 bits per heavy atom. The maximum atomic E-state index is 11.4. The molecule has 98 valence electrons. The Morgan fingerprint density at radius 1 is 1.28 bits per heavy atom. The molecule has 0 atom stereocenters. The SMILES string of the molecule is CC(C)CC(=O)NCCc1ccccc1C(=O)O. The lowest BCUT2D eigenvalue weighted by Gasteiger charge is -2.08. The number of carbonyl (C=O) groups is 2. The molecule has 1 aromatic carbocycles. The van der Waals surface area contributed by atoms with Crippen LogP contribution in [0.4, 0.5) is 0 Å². The molecule has 0 aliphatic rings. The van der Waals surface area contributed by atoms with E-state index in [4.69, 9.17) is 5.11 Å². The van der Waals surface area contributed by atoms with Crippen LogP contribution in [0, 0.1) is 5.92 Å². The van der Waals surface area contributed by atoms with E-state index in [2.05, 4.69) is 5.32 Å². The minimum atomic E-state index is -0.931. The van der Waals surface area contributed by atoms with Gasteiger partial charge in [-0.05, 0) is 24.0 Å². The molecule has 4 nitrogen and oxygen atoms in total. The van der Waals surface area contributed by atoms with Crippen molar-refractivity contribution in [3.05, 3.63) is 35.4 Å². The van der Waals surface area contributed by atoms with Gasteiger partial charge in [0.15, 0.2) is 0 Å². The third-order valence-electron chi connectivity index (χ3n) is 2.56. The molecule has 0 bridgehead atoms. The van der Waals surface area contributed by atoms with E-state index in [1.807, 2.05) is 13.8 Å². The minimum absolute atomic E-state index is 0.0119. The fourth-order valence-electron chi connectivity index (χ4n) is 1.73. The third-order valence-corrected chi connectivity index (χ3v) is 2.56. The van der Waals surface area contributed by atoms with Crippen molar-refractivity contribution in [2.45, 2.75) is 26.7 Å². The first-order chi connectivity index (χ1) is 8.50. The molecule has 0 radical (unpaired) electrons. The summed E-state index contributed by atoms with van der Waals surface area (Å²) in [6.45, 7) is 4.44. The van der Waals surface area contributed by atoms with E-state index in [9.17, 15) is 9.59 Å². The summed E-state index contributed by atoms with van der Waals surface area (Å²) in [5.41, 5.74) is 1.05. The van der Waals surface area contributed by atoms with Crippen LogP contribution < -0.4 is 5.32 Å². The normalized spacial score (nSPS) is 10.4. The average Bonchev–Trinajstić information content (AvgIpc) is 2.28. The van der Waals surface area contributed by atoms with Crippen molar-refractivity contribution in [3.63, 3.8) is 0 Å². The van der Waals surface area contributed by atoms with Gasteiger partial charge in [0.05, 0.1) is 5.56 Å². The molecule has 1 rings (SSSR count). The smallest absolute Gasteiger partial charge is 0.335 e. The summed E-state index contributed by atoms with van der Waals surface area (Å²) in [4.78, 5) is 22.4. The van der Waals surface area contributed by atoms with Crippen LogP contribution in [0.2, 0.25) is 0 Å². The van der Waals surface area contributed by atoms with Gasteiger partial charge in [0.25, 0.3) is 0 Å². The maximum absolute atomic E-state index is 11.4. The first-order valence-corrected chi connectivity index (χ1v) is 6.08. The number of aromatic carboxylic acids is 1. The Kier molecular flexibility index (Phi) is 5.36. The van der Waals surface area contributed by atoms with E-state index in [1.54, 1.807) is 24.3 Å². The van der Waals surface area contributed by atoms with Gasteiger partial charge in [-0.3, -0.25) is 4.79 Å². The molecule has 0 heterocycles. The zero-order chi connectivity index (χ0) is 13.5. The summed E-state index contributed by atoms with van der Waals surface area (Å²) in [6.07, 6.45) is 1.03. The zero-order valence-electron chi connectivity index (χ0n) is 10.8. The van der Waals surface area contributed by atoms with Gasteiger partial charge in [-0.15, -0.1) is 0 Å². The lowest BCUT2D eigenvalue weighted by molar-refractivity contribution is -0.121. The number of carboxylic acid groups (broad SMARTS) is 1. The molecule has 1 amide bonds. The van der Waals surface area contributed by atoms with Crippen molar-refractivity contribution >= 4 is 11.9 Å². The van der Waals surface area contributed by atoms with E-state index >= 15 is 0 Å². The number of carbonyl (C=O) groups excluding carboxylic acids is 1. The molecule has 2 N–H and O–H groups in total. The fourth-order valence-corrected chi connectivity index (χ4v) is 1.73. The molecule has 0 aromatic heterocycles. The van der Waals surface area contributed by atoms with E-state index in [-0.39, 0.29) is 5.91 Å². The second-order valence-electron chi connectivity index (χ2n) is 4.66. The van der Waals surface area contributed by atoms with Gasteiger partial charge in [0.1, 0.15) is 0 Å². The molecular formula is C14H19NO3. The number of benzene rings is 1. The van der Waals surface area contributed by atoms with Crippen LogP contribution in [0.1, 0.15) is 36.2 Å². The summed E-state index contributed by atoms with van der Waals surface area (Å²) in [7, 11) is 0. The van der Waals surface area contributed by atoms with Gasteiger partial charge >= 0.3 is 5.97 Å². The summed E-state index contributed by atoms with van der Waals surface area (Å²) in [5, 5.41) is 11.8. The van der Waals surface area contributed by atoms with Gasteiger partial charge in [0.2, 0.25) is 5.91 Å². The monoisotopic (exact) mass is 249 g/mol. The first kappa shape index (κ1) is 14.2. The van der Waals surface area contributed by atoms with Gasteiger partial charge in [-0.25, -0.2) is 4.79 Å². The molecule has 0 unspecified atom stereocenters. The van der Waals surface area contributed by atoms with Crippen molar-refractivity contribution in [1.29, 1.82) is 0 Å². The topological polar surface area (TPSA) is 66.4 Å². The van der Waals surface area contributed by atoms with Crippen LogP contribution in [0.15, 0.2) is 24.3 Å². The Hall–Kier alpha value is -1.84. The molecular weight excluding hydrogens is 230 g/mol. The van der Waals surface area contributed by atoms with Gasteiger partial charge < -0.3 is 10.4 Å². The van der Waals surface area contributed by atoms with Gasteiger partial charge in [-0.1, -0.05) is 32.0 Å². The fraction of sp³-hybridized carbons (Fsp3) is 0.429. The number of nitrogens with one attached hydrogen (secondary N) is 1. The molecule has 0 saturated carbocycles. The number of hydrogen-bond acceptors (Lipinski definition) is 2. The summed E-state index contributed by atoms with van der Waals surface area (Å²) < 4.78 is 0. The Balaban J connectivity index is 2.49. The number of rotatable bonds is 6. The lowest BCUT2D eigenvalue weighted by atomic mass is 10.0. The van der Waals surface area contributed by atoms with Crippen molar-refractivity contribution in [2.24, 2.45) is 5.92 Å². The van der Waals surface area contributed by atoms with Crippen molar-refractivity contribution < 1.29 is 14.7 Å². The molecule has 0 aliphatic carbocycles. The lowest BCUT2D eigenvalue weighted by Crippen LogP contribution is -2.27. The summed E-state index contributed by atoms with van der Waals surface area (Å²) in [5.74, 6) is -0.590. The molecule has 0 aliphatic heterocycles. The highest BCUT2D eigenvalue weighted by Gasteiger charge is 2.09. The quantitative estimate of drug-likeness (QED) is 0.811. The maximum Gasteiger partial charge on any atom is 0.335 e. The largest absolute Gasteiger partial charge is 0.478 e. The Labute approximate surface area is 107 Å². The molecule has 0 saturated heterocycles. The molecule has 4 heteroatoms. The van der Waals surface area contributed by atoms with E-state index < -0.39 is 5.97 Å². The van der Waals surface area contributed by atoms with Gasteiger partial charge in [0, 0.05) is 13.0 Å². The molecule has 0 spiro atoms. The molecule has 0 fully saturated rings. The van der Waals surface area contributed by atoms with Crippen molar-refractivity contribution in [3.8, 4) is 0 Å². The molecule has 18 heavy (non-hydrogen) atoms. The molecule has 1 aromatic rings. The van der Waals surface area contributed by atoms with Crippen LogP contribution in [-0.4, -0.2) is 23.5 Å². The van der Waals surface area contributed by atoms with E-state index in [1.165, 1.54) is 0 Å². The third kappa shape index (κ3) is 4.57. The minimum Gasteiger partial charge on any atom is -0.478 e. The van der Waals surface area contributed by atoms with Crippen LogP contribution in [0.3, 0.4) is 0 Å². The highest BCUT2D eigenvalue weighted by Crippen LogP contribution is 2.09. The average molecular weight is 249 g/mol. The van der Waals surface area contributed by atoms with Crippen molar-refractivity contribution in [1.82, 2.24) is 5.32 Å². The van der Waals surface area contributed by atoms with Crippen LogP contribution in [-0.2, 0) is 11.2 Å². The Bertz CT molecular complexity index is 427. The van der Waals surface area contributed by atoms with E-state index in [0.717, 1.165) is 5.56 Å². The van der Waals surface area contributed by atoms with Crippen molar-refractivity contribution in [2.75, 3.05) is 6.54 Å². The van der Waals surface area contributed by atoms with E-state index in [0.29, 0.717) is 30.9 Å². The highest BCUT2D eigenvalue weighted by atomic mass is 16.4. The Morgan fingerprint density at radius 2 is 1.94 bits per heavy atom. The second kappa shape index (κ2) is 6.79. The van der Waals surface area contributed by atoms with Crippen LogP contribution >= 0.6 is 0 Å². The number of amides is 1. The van der Waals surface area contributed by atoms with Crippen LogP contribution in [0.5, 0.6) is 0 Å². The van der Waals surface area contributed by atoms with Gasteiger partial charge in [-0.2, -0.15) is 0 Å². The predicted octanol–water partition coefficient (Wildman–Crippen LogP) is 2.09. The summed E-state index contributed by atoms with van der Waals surface area (Å²) in [6, 6.07) is 6.85. The summed E-state index contributed by atoms with van der Waals surface area (Å²) >= 11 is 0. The highest BCUT2D eigenvalue weighted by molar-refractivity contribution is 5.89. The zero-order valence-corrected chi connectivity index (χ0v) is 10.8. The number of hydrogen-bond donors (Lipinski definition) is 2. The first-order valence-electron chi connectivity index (χ1n) is 6.08. The van der Waals surface area contributed by atoms with Crippen LogP contribution in [0.25, 0.3) is 0 Å². The second-order valence-corrected chi connectivity index (χ2v) is 4.66. The standard InChI is InChI=1S/C14H19NO3/c1-10(2)9-13(16)15-8-7-11-5-3-4-6-12(11)14(17)18/h3-6,10H,7-9H2,1-2H3,(H,15,16)(H,17,18).